The molecule has 0 radical (unpaired) electrons. The quantitative estimate of drug-likeness (QED) is 0.845. The van der Waals surface area contributed by atoms with Crippen LogP contribution in [0.25, 0.3) is 0 Å². The minimum absolute atomic E-state index is 0.0829. The summed E-state index contributed by atoms with van der Waals surface area (Å²) in [7, 11) is 1.57. The number of ether oxygens (including phenoxy) is 1. The second kappa shape index (κ2) is 5.27. The number of benzene rings is 2. The van der Waals surface area contributed by atoms with Gasteiger partial charge in [0.2, 0.25) is 0 Å². The monoisotopic (exact) mass is 310 g/mol. The topological polar surface area (TPSA) is 47.3 Å². The van der Waals surface area contributed by atoms with Crippen LogP contribution < -0.4 is 15.8 Å². The molecule has 0 bridgehead atoms. The lowest BCUT2D eigenvalue weighted by atomic mass is 10.2. The molecular weight excluding hydrogens is 299 g/mol. The molecule has 0 saturated carbocycles. The summed E-state index contributed by atoms with van der Waals surface area (Å²) in [6, 6.07) is 10.1. The van der Waals surface area contributed by atoms with E-state index in [1.165, 1.54) is 6.07 Å². The number of nitrogens with two attached hydrogens (primary N) is 1. The van der Waals surface area contributed by atoms with Gasteiger partial charge in [-0.3, -0.25) is 0 Å². The molecule has 3 nitrogen and oxygen atoms in total. The zero-order valence-electron chi connectivity index (χ0n) is 9.71. The minimum Gasteiger partial charge on any atom is -0.495 e. The van der Waals surface area contributed by atoms with E-state index in [1.807, 2.05) is 18.2 Å². The summed E-state index contributed by atoms with van der Waals surface area (Å²) in [5, 5.41) is 3.05. The van der Waals surface area contributed by atoms with Crippen molar-refractivity contribution in [3.8, 4) is 5.75 Å². The molecule has 3 N–H and O–H groups in total. The maximum atomic E-state index is 13.3. The number of nitrogen functional groups attached to an aromatic ring is 1. The molecule has 5 heteroatoms. The predicted octanol–water partition coefficient (Wildman–Crippen LogP) is 3.92. The van der Waals surface area contributed by atoms with E-state index in [1.54, 1.807) is 19.2 Å². The molecule has 2 aromatic carbocycles. The van der Waals surface area contributed by atoms with Gasteiger partial charge in [0.25, 0.3) is 0 Å². The fraction of sp³-hybridized carbons (Fsp3) is 0.0769. The van der Waals surface area contributed by atoms with Crippen molar-refractivity contribution >= 4 is 33.0 Å². The SMILES string of the molecule is COc1ccc(Br)cc1Nc1cccc(F)c1N. The number of hydrogen-bond acceptors (Lipinski definition) is 3. The molecule has 2 rings (SSSR count). The molecule has 0 aliphatic heterocycles. The van der Waals surface area contributed by atoms with Crippen molar-refractivity contribution in [2.45, 2.75) is 0 Å². The fourth-order valence-electron chi connectivity index (χ4n) is 1.57. The van der Waals surface area contributed by atoms with Gasteiger partial charge in [0.05, 0.1) is 24.2 Å². The zero-order chi connectivity index (χ0) is 13.1. The van der Waals surface area contributed by atoms with Crippen LogP contribution in [0.2, 0.25) is 0 Å². The Morgan fingerprint density at radius 1 is 1.22 bits per heavy atom. The lowest BCUT2D eigenvalue weighted by molar-refractivity contribution is 0.417. The number of methoxy groups -OCH3 is 1. The Morgan fingerprint density at radius 3 is 2.72 bits per heavy atom. The average molecular weight is 311 g/mol. The summed E-state index contributed by atoms with van der Waals surface area (Å²) in [4.78, 5) is 0. The minimum atomic E-state index is -0.450. The van der Waals surface area contributed by atoms with Gasteiger partial charge in [-0.2, -0.15) is 0 Å². The molecule has 0 aliphatic carbocycles. The van der Waals surface area contributed by atoms with E-state index in [2.05, 4.69) is 21.2 Å². The lowest BCUT2D eigenvalue weighted by Gasteiger charge is -2.13. The molecular formula is C13H12BrFN2O. The third-order valence-electron chi connectivity index (χ3n) is 2.48. The predicted molar refractivity (Wildman–Crippen MR) is 74.8 cm³/mol. The lowest BCUT2D eigenvalue weighted by Crippen LogP contribution is -2.00. The average Bonchev–Trinajstić information content (AvgIpc) is 2.35. The van der Waals surface area contributed by atoms with Gasteiger partial charge in [0.1, 0.15) is 11.6 Å². The Kier molecular flexibility index (Phi) is 3.72. The highest BCUT2D eigenvalue weighted by atomic mass is 79.9. The van der Waals surface area contributed by atoms with Crippen LogP contribution in [0.3, 0.4) is 0 Å². The van der Waals surface area contributed by atoms with Gasteiger partial charge < -0.3 is 15.8 Å². The first-order chi connectivity index (χ1) is 8.61. The summed E-state index contributed by atoms with van der Waals surface area (Å²) >= 11 is 3.37. The number of hydrogen-bond donors (Lipinski definition) is 2. The summed E-state index contributed by atoms with van der Waals surface area (Å²) in [6.07, 6.45) is 0. The van der Waals surface area contributed by atoms with Crippen molar-refractivity contribution in [2.75, 3.05) is 18.2 Å². The van der Waals surface area contributed by atoms with E-state index in [4.69, 9.17) is 10.5 Å². The second-order valence-corrected chi connectivity index (χ2v) is 4.59. The Hall–Kier alpha value is -1.75. The van der Waals surface area contributed by atoms with Crippen LogP contribution in [0.15, 0.2) is 40.9 Å². The zero-order valence-corrected chi connectivity index (χ0v) is 11.3. The number of para-hydroxylation sites is 1. The normalized spacial score (nSPS) is 10.2. The molecule has 0 aliphatic rings. The Balaban J connectivity index is 2.39. The van der Waals surface area contributed by atoms with Crippen molar-refractivity contribution < 1.29 is 9.13 Å². The molecule has 0 spiro atoms. The number of anilines is 3. The first-order valence-corrected chi connectivity index (χ1v) is 6.05. The van der Waals surface area contributed by atoms with Crippen LogP contribution in [0, 0.1) is 5.82 Å². The van der Waals surface area contributed by atoms with E-state index in [0.717, 1.165) is 4.47 Å². The largest absolute Gasteiger partial charge is 0.495 e. The van der Waals surface area contributed by atoms with Crippen molar-refractivity contribution in [1.82, 2.24) is 0 Å². The van der Waals surface area contributed by atoms with Gasteiger partial charge in [0, 0.05) is 4.47 Å². The molecule has 0 unspecified atom stereocenters. The third kappa shape index (κ3) is 2.56. The van der Waals surface area contributed by atoms with Crippen LogP contribution in [-0.4, -0.2) is 7.11 Å². The van der Waals surface area contributed by atoms with Gasteiger partial charge >= 0.3 is 0 Å². The molecule has 94 valence electrons. The third-order valence-corrected chi connectivity index (χ3v) is 2.98. The maximum Gasteiger partial charge on any atom is 0.148 e. The van der Waals surface area contributed by atoms with Crippen molar-refractivity contribution in [2.24, 2.45) is 0 Å². The van der Waals surface area contributed by atoms with Crippen molar-refractivity contribution in [3.05, 3.63) is 46.7 Å². The number of halogens is 2. The highest BCUT2D eigenvalue weighted by Crippen LogP contribution is 2.33. The van der Waals surface area contributed by atoms with Crippen molar-refractivity contribution in [3.63, 3.8) is 0 Å². The summed E-state index contributed by atoms with van der Waals surface area (Å²) < 4.78 is 19.5. The molecule has 0 amide bonds. The van der Waals surface area contributed by atoms with Gasteiger partial charge in [-0.1, -0.05) is 22.0 Å². The second-order valence-electron chi connectivity index (χ2n) is 3.67. The van der Waals surface area contributed by atoms with Gasteiger partial charge in [-0.15, -0.1) is 0 Å². The van der Waals surface area contributed by atoms with E-state index < -0.39 is 5.82 Å². The van der Waals surface area contributed by atoms with Crippen LogP contribution in [0.1, 0.15) is 0 Å². The molecule has 0 fully saturated rings. The van der Waals surface area contributed by atoms with Crippen LogP contribution in [0.5, 0.6) is 5.75 Å². The van der Waals surface area contributed by atoms with E-state index in [0.29, 0.717) is 17.1 Å². The summed E-state index contributed by atoms with van der Waals surface area (Å²) in [5.41, 5.74) is 6.97. The Labute approximate surface area is 113 Å². The maximum absolute atomic E-state index is 13.3. The smallest absolute Gasteiger partial charge is 0.148 e. The Morgan fingerprint density at radius 2 is 2.00 bits per heavy atom. The van der Waals surface area contributed by atoms with Crippen molar-refractivity contribution in [1.29, 1.82) is 0 Å². The summed E-state index contributed by atoms with van der Waals surface area (Å²) in [6.45, 7) is 0. The first kappa shape index (κ1) is 12.7. The van der Waals surface area contributed by atoms with E-state index in [9.17, 15) is 4.39 Å². The highest BCUT2D eigenvalue weighted by Gasteiger charge is 2.08. The molecule has 0 saturated heterocycles. The number of nitrogens with one attached hydrogen (secondary N) is 1. The van der Waals surface area contributed by atoms with E-state index in [-0.39, 0.29) is 5.69 Å². The first-order valence-electron chi connectivity index (χ1n) is 5.26. The Bertz CT molecular complexity index is 575. The van der Waals surface area contributed by atoms with E-state index >= 15 is 0 Å². The van der Waals surface area contributed by atoms with Crippen LogP contribution in [-0.2, 0) is 0 Å². The fourth-order valence-corrected chi connectivity index (χ4v) is 1.93. The van der Waals surface area contributed by atoms with Gasteiger partial charge in [-0.05, 0) is 30.3 Å². The van der Waals surface area contributed by atoms with Crippen LogP contribution in [0.4, 0.5) is 21.5 Å². The van der Waals surface area contributed by atoms with Gasteiger partial charge in [0.15, 0.2) is 0 Å². The molecule has 0 aromatic heterocycles. The van der Waals surface area contributed by atoms with Gasteiger partial charge in [-0.25, -0.2) is 4.39 Å². The standard InChI is InChI=1S/C13H12BrFN2O/c1-18-12-6-5-8(14)7-11(12)17-10-4-2-3-9(15)13(10)16/h2-7,17H,16H2,1H3. The molecule has 0 heterocycles. The molecule has 2 aromatic rings. The highest BCUT2D eigenvalue weighted by molar-refractivity contribution is 9.10. The van der Waals surface area contributed by atoms with Crippen LogP contribution >= 0.6 is 15.9 Å². The molecule has 0 atom stereocenters. The summed E-state index contributed by atoms with van der Waals surface area (Å²) in [5.74, 6) is 0.204. The molecule has 18 heavy (non-hydrogen) atoms. The number of rotatable bonds is 3.